The summed E-state index contributed by atoms with van der Waals surface area (Å²) in [7, 11) is 1.86. The minimum Gasteiger partial charge on any atom is -0.303 e. The minimum atomic E-state index is 0.0296. The van der Waals surface area contributed by atoms with Crippen molar-refractivity contribution in [1.29, 1.82) is 0 Å². The molecule has 0 fully saturated rings. The maximum Gasteiger partial charge on any atom is 0.0940 e. The van der Waals surface area contributed by atoms with Gasteiger partial charge in [-0.15, -0.1) is 6.42 Å². The summed E-state index contributed by atoms with van der Waals surface area (Å²) < 4.78 is 1.23. The molecule has 0 saturated carbocycles. The van der Waals surface area contributed by atoms with Crippen LogP contribution in [0.3, 0.4) is 0 Å². The van der Waals surface area contributed by atoms with E-state index in [9.17, 15) is 0 Å². The van der Waals surface area contributed by atoms with Crippen LogP contribution in [0.25, 0.3) is 0 Å². The molecule has 1 aromatic carbocycles. The van der Waals surface area contributed by atoms with E-state index in [1.807, 2.05) is 19.2 Å². The summed E-state index contributed by atoms with van der Waals surface area (Å²) in [6, 6.07) is 8.22. The Kier molecular flexibility index (Phi) is 3.57. The summed E-state index contributed by atoms with van der Waals surface area (Å²) in [6.45, 7) is 0. The van der Waals surface area contributed by atoms with Crippen LogP contribution in [0.4, 0.5) is 0 Å². The average molecular weight is 271 g/mol. The Morgan fingerprint density at radius 2 is 2.00 bits per heavy atom. The molecule has 0 aliphatic rings. The molecule has 2 heteroatoms. The number of terminal acetylenes is 1. The molecule has 0 radical (unpaired) electrons. The van der Waals surface area contributed by atoms with Crippen molar-refractivity contribution in [3.8, 4) is 12.3 Å². The highest BCUT2D eigenvalue weighted by Gasteiger charge is 2.02. The molecule has 1 nitrogen and oxygen atoms in total. The number of benzene rings is 1. The lowest BCUT2D eigenvalue weighted by molar-refractivity contribution is 0.736. The molecule has 0 spiro atoms. The molecule has 0 aliphatic heterocycles. The summed E-state index contributed by atoms with van der Waals surface area (Å²) in [5, 5.41) is 3.05. The topological polar surface area (TPSA) is 12.0 Å². The van der Waals surface area contributed by atoms with E-state index in [-0.39, 0.29) is 6.04 Å². The normalized spacial score (nSPS) is 12.1. The molecule has 1 rings (SSSR count). The lowest BCUT2D eigenvalue weighted by Crippen LogP contribution is -2.13. The highest BCUT2D eigenvalue weighted by atomic mass is 127. The second-order valence-corrected chi connectivity index (χ2v) is 3.69. The van der Waals surface area contributed by atoms with Gasteiger partial charge in [0.15, 0.2) is 0 Å². The predicted octanol–water partition coefficient (Wildman–Crippen LogP) is 2.18. The smallest absolute Gasteiger partial charge is 0.0940 e. The number of rotatable bonds is 2. The lowest BCUT2D eigenvalue weighted by atomic mass is 10.1. The second-order valence-electron chi connectivity index (χ2n) is 2.44. The van der Waals surface area contributed by atoms with Gasteiger partial charge < -0.3 is 5.32 Å². The maximum atomic E-state index is 5.34. The van der Waals surface area contributed by atoms with Crippen molar-refractivity contribution in [2.75, 3.05) is 7.05 Å². The molecule has 12 heavy (non-hydrogen) atoms. The fraction of sp³-hybridized carbons (Fsp3) is 0.200. The SMILES string of the molecule is C#CC(NC)c1ccc(I)cc1. The Labute approximate surface area is 86.7 Å². The summed E-state index contributed by atoms with van der Waals surface area (Å²) >= 11 is 2.27. The van der Waals surface area contributed by atoms with Crippen LogP contribution in [0, 0.1) is 15.9 Å². The molecule has 62 valence electrons. The van der Waals surface area contributed by atoms with Gasteiger partial charge in [-0.2, -0.15) is 0 Å². The summed E-state index contributed by atoms with van der Waals surface area (Å²) in [5.74, 6) is 2.67. The average Bonchev–Trinajstić information content (AvgIpc) is 2.10. The third kappa shape index (κ3) is 2.23. The van der Waals surface area contributed by atoms with Crippen LogP contribution in [0.1, 0.15) is 11.6 Å². The van der Waals surface area contributed by atoms with Crippen LogP contribution < -0.4 is 5.32 Å². The van der Waals surface area contributed by atoms with Crippen molar-refractivity contribution in [3.05, 3.63) is 33.4 Å². The number of hydrogen-bond acceptors (Lipinski definition) is 1. The quantitative estimate of drug-likeness (QED) is 0.642. The third-order valence-electron chi connectivity index (χ3n) is 1.66. The van der Waals surface area contributed by atoms with E-state index in [0.29, 0.717) is 0 Å². The van der Waals surface area contributed by atoms with Crippen LogP contribution in [-0.2, 0) is 0 Å². The Hall–Kier alpha value is -0.530. The first-order valence-electron chi connectivity index (χ1n) is 3.67. The molecule has 0 aliphatic carbocycles. The van der Waals surface area contributed by atoms with E-state index in [1.54, 1.807) is 0 Å². The molecule has 0 bridgehead atoms. The highest BCUT2D eigenvalue weighted by Crippen LogP contribution is 2.13. The predicted molar refractivity (Wildman–Crippen MR) is 59.8 cm³/mol. The van der Waals surface area contributed by atoms with E-state index in [2.05, 4.69) is 46.0 Å². The fourth-order valence-electron chi connectivity index (χ4n) is 1.00. The van der Waals surface area contributed by atoms with Gasteiger partial charge >= 0.3 is 0 Å². The zero-order valence-corrected chi connectivity index (χ0v) is 9.00. The molecule has 0 heterocycles. The standard InChI is InChI=1S/C10H10IN/c1-3-10(12-2)8-4-6-9(11)7-5-8/h1,4-7,10,12H,2H3. The van der Waals surface area contributed by atoms with Crippen molar-refractivity contribution in [3.63, 3.8) is 0 Å². The largest absolute Gasteiger partial charge is 0.303 e. The van der Waals surface area contributed by atoms with Crippen molar-refractivity contribution >= 4 is 22.6 Å². The van der Waals surface area contributed by atoms with Gasteiger partial charge in [0.1, 0.15) is 0 Å². The maximum absolute atomic E-state index is 5.34. The summed E-state index contributed by atoms with van der Waals surface area (Å²) in [5.41, 5.74) is 1.14. The van der Waals surface area contributed by atoms with Crippen molar-refractivity contribution < 1.29 is 0 Å². The molecule has 0 aromatic heterocycles. The number of halogens is 1. The zero-order valence-electron chi connectivity index (χ0n) is 6.84. The third-order valence-corrected chi connectivity index (χ3v) is 2.38. The molecule has 0 saturated heterocycles. The van der Waals surface area contributed by atoms with Crippen molar-refractivity contribution in [2.24, 2.45) is 0 Å². The van der Waals surface area contributed by atoms with E-state index >= 15 is 0 Å². The summed E-state index contributed by atoms with van der Waals surface area (Å²) in [4.78, 5) is 0. The van der Waals surface area contributed by atoms with E-state index in [1.165, 1.54) is 3.57 Å². The molecule has 0 amide bonds. The zero-order chi connectivity index (χ0) is 8.97. The van der Waals surface area contributed by atoms with Gasteiger partial charge in [-0.05, 0) is 47.3 Å². The Balaban J connectivity index is 2.89. The van der Waals surface area contributed by atoms with Gasteiger partial charge in [0.05, 0.1) is 6.04 Å². The Bertz CT molecular complexity index is 284. The van der Waals surface area contributed by atoms with Crippen LogP contribution in [-0.4, -0.2) is 7.05 Å². The van der Waals surface area contributed by atoms with Crippen molar-refractivity contribution in [1.82, 2.24) is 5.32 Å². The van der Waals surface area contributed by atoms with Gasteiger partial charge in [0, 0.05) is 3.57 Å². The molecule has 1 aromatic rings. The second kappa shape index (κ2) is 4.48. The Morgan fingerprint density at radius 3 is 2.42 bits per heavy atom. The van der Waals surface area contributed by atoms with Crippen LogP contribution in [0.5, 0.6) is 0 Å². The highest BCUT2D eigenvalue weighted by molar-refractivity contribution is 14.1. The lowest BCUT2D eigenvalue weighted by Gasteiger charge is -2.08. The van der Waals surface area contributed by atoms with Crippen LogP contribution >= 0.6 is 22.6 Å². The monoisotopic (exact) mass is 271 g/mol. The molecular weight excluding hydrogens is 261 g/mol. The molecule has 1 N–H and O–H groups in total. The van der Waals surface area contributed by atoms with Gasteiger partial charge in [-0.1, -0.05) is 18.1 Å². The van der Waals surface area contributed by atoms with Gasteiger partial charge in [0.2, 0.25) is 0 Å². The van der Waals surface area contributed by atoms with E-state index < -0.39 is 0 Å². The van der Waals surface area contributed by atoms with E-state index in [4.69, 9.17) is 6.42 Å². The minimum absolute atomic E-state index is 0.0296. The van der Waals surface area contributed by atoms with Gasteiger partial charge in [-0.3, -0.25) is 0 Å². The molecule has 1 unspecified atom stereocenters. The summed E-state index contributed by atoms with van der Waals surface area (Å²) in [6.07, 6.45) is 5.34. The van der Waals surface area contributed by atoms with Crippen molar-refractivity contribution in [2.45, 2.75) is 6.04 Å². The van der Waals surface area contributed by atoms with Gasteiger partial charge in [0.25, 0.3) is 0 Å². The first kappa shape index (κ1) is 9.56. The van der Waals surface area contributed by atoms with Crippen LogP contribution in [0.2, 0.25) is 0 Å². The first-order valence-corrected chi connectivity index (χ1v) is 4.74. The molecular formula is C10H10IN. The number of hydrogen-bond donors (Lipinski definition) is 1. The van der Waals surface area contributed by atoms with E-state index in [0.717, 1.165) is 5.56 Å². The Morgan fingerprint density at radius 1 is 1.42 bits per heavy atom. The fourth-order valence-corrected chi connectivity index (χ4v) is 1.36. The first-order chi connectivity index (χ1) is 5.77. The van der Waals surface area contributed by atoms with Crippen LogP contribution in [0.15, 0.2) is 24.3 Å². The molecule has 1 atom stereocenters. The number of nitrogens with one attached hydrogen (secondary N) is 1. The van der Waals surface area contributed by atoms with Gasteiger partial charge in [-0.25, -0.2) is 0 Å².